The molecule has 0 radical (unpaired) electrons. The van der Waals surface area contributed by atoms with Gasteiger partial charge in [0.2, 0.25) is 0 Å². The molecule has 112 valence electrons. The first-order chi connectivity index (χ1) is 10.6. The van der Waals surface area contributed by atoms with Crippen molar-refractivity contribution < 1.29 is 20.6 Å². The fourth-order valence-electron chi connectivity index (χ4n) is 2.90. The summed E-state index contributed by atoms with van der Waals surface area (Å²) in [7, 11) is 1.86. The Bertz CT molecular complexity index is 687. The average Bonchev–Trinajstić information content (AvgIpc) is 2.80. The number of amides is 2. The first kappa shape index (κ1) is 15.0. The second-order valence-corrected chi connectivity index (χ2v) is 6.13. The average molecular weight is 330 g/mol. The summed E-state index contributed by atoms with van der Waals surface area (Å²) < 4.78 is 0.871. The Balaban J connectivity index is 2.03. The molecular formula is C18H18CrN2O. The van der Waals surface area contributed by atoms with E-state index in [1.54, 1.807) is 4.90 Å². The van der Waals surface area contributed by atoms with E-state index in [0.717, 1.165) is 15.6 Å². The van der Waals surface area contributed by atoms with Crippen LogP contribution < -0.4 is 0 Å². The van der Waals surface area contributed by atoms with Crippen molar-refractivity contribution >= 4 is 10.5 Å². The Kier molecular flexibility index (Phi) is 4.15. The van der Waals surface area contributed by atoms with Crippen LogP contribution in [0, 0.1) is 0 Å². The predicted molar refractivity (Wildman–Crippen MR) is 84.2 cm³/mol. The van der Waals surface area contributed by atoms with E-state index in [0.29, 0.717) is 0 Å². The van der Waals surface area contributed by atoms with Crippen molar-refractivity contribution in [1.29, 1.82) is 0 Å². The van der Waals surface area contributed by atoms with E-state index in [1.165, 1.54) is 0 Å². The van der Waals surface area contributed by atoms with Crippen molar-refractivity contribution in [3.63, 3.8) is 0 Å². The molecule has 2 aromatic carbocycles. The van der Waals surface area contributed by atoms with Gasteiger partial charge in [0, 0.05) is 0 Å². The Labute approximate surface area is 139 Å². The Hall–Kier alpha value is -1.89. The van der Waals surface area contributed by atoms with Crippen LogP contribution in [-0.4, -0.2) is 33.4 Å². The van der Waals surface area contributed by atoms with Crippen LogP contribution in [0.4, 0.5) is 4.79 Å². The quantitative estimate of drug-likeness (QED) is 0.848. The fourth-order valence-corrected chi connectivity index (χ4v) is 3.41. The summed E-state index contributed by atoms with van der Waals surface area (Å²) in [6.45, 7) is 2.09. The number of benzene rings is 2. The van der Waals surface area contributed by atoms with Crippen molar-refractivity contribution in [3.8, 4) is 0 Å². The molecule has 3 nitrogen and oxygen atoms in total. The van der Waals surface area contributed by atoms with E-state index < -0.39 is 0 Å². The van der Waals surface area contributed by atoms with Gasteiger partial charge in [-0.1, -0.05) is 0 Å². The second-order valence-electron chi connectivity index (χ2n) is 5.53. The van der Waals surface area contributed by atoms with Gasteiger partial charge in [0.15, 0.2) is 0 Å². The van der Waals surface area contributed by atoms with E-state index >= 15 is 0 Å². The van der Waals surface area contributed by atoms with Crippen molar-refractivity contribution in [2.75, 3.05) is 7.05 Å². The zero-order chi connectivity index (χ0) is 15.7. The molecule has 0 spiro atoms. The maximum atomic E-state index is 12.7. The number of urea groups is 1. The van der Waals surface area contributed by atoms with Gasteiger partial charge in [-0.15, -0.1) is 0 Å². The van der Waals surface area contributed by atoms with E-state index in [1.807, 2.05) is 60.5 Å². The Morgan fingerprint density at radius 3 is 2.14 bits per heavy atom. The summed E-state index contributed by atoms with van der Waals surface area (Å²) >= 11 is 3.10. The zero-order valence-corrected chi connectivity index (χ0v) is 13.9. The zero-order valence-electron chi connectivity index (χ0n) is 12.6. The van der Waals surface area contributed by atoms with Gasteiger partial charge >= 0.3 is 139 Å². The van der Waals surface area contributed by atoms with Gasteiger partial charge in [0.1, 0.15) is 0 Å². The van der Waals surface area contributed by atoms with Crippen LogP contribution in [0.1, 0.15) is 24.1 Å². The fraction of sp³-hybridized carbons (Fsp3) is 0.222. The second kappa shape index (κ2) is 6.08. The minimum atomic E-state index is 0.00940. The van der Waals surface area contributed by atoms with Gasteiger partial charge in [0.25, 0.3) is 0 Å². The molecule has 0 saturated carbocycles. The summed E-state index contributed by atoms with van der Waals surface area (Å²) in [6.07, 6.45) is 0. The number of carbonyl (C=O) groups excluding carboxylic acids is 1. The molecule has 2 atom stereocenters. The summed E-state index contributed by atoms with van der Waals surface area (Å²) in [6, 6.07) is 20.3. The van der Waals surface area contributed by atoms with Gasteiger partial charge in [-0.05, 0) is 0 Å². The van der Waals surface area contributed by atoms with Gasteiger partial charge in [-0.3, -0.25) is 0 Å². The van der Waals surface area contributed by atoms with Crippen molar-refractivity contribution in [3.05, 3.63) is 71.8 Å². The van der Waals surface area contributed by atoms with Crippen LogP contribution in [0.2, 0.25) is 0 Å². The molecule has 1 aliphatic heterocycles. The SMILES string of the molecule is C[C@H]1[C@@H](c2ccccc2)N([C](=[Cr])c2ccccc2)C(=O)N1C. The molecule has 22 heavy (non-hydrogen) atoms. The normalized spacial score (nSPS) is 21.3. The van der Waals surface area contributed by atoms with Crippen LogP contribution in [0.3, 0.4) is 0 Å². The van der Waals surface area contributed by atoms with Crippen molar-refractivity contribution in [2.24, 2.45) is 0 Å². The molecule has 1 aliphatic rings. The third-order valence-corrected chi connectivity index (χ3v) is 4.91. The third-order valence-electron chi connectivity index (χ3n) is 4.23. The van der Waals surface area contributed by atoms with E-state index in [2.05, 4.69) is 34.9 Å². The molecule has 3 rings (SSSR count). The van der Waals surface area contributed by atoms with Gasteiger partial charge < -0.3 is 0 Å². The van der Waals surface area contributed by atoms with Crippen molar-refractivity contribution in [1.82, 2.24) is 9.80 Å². The molecule has 1 heterocycles. The number of nitrogens with zero attached hydrogens (tertiary/aromatic N) is 2. The minimum absolute atomic E-state index is 0.00940. The standard InChI is InChI=1S/C18H18N2O.Cr/c1-14-17(16-11-7-4-8-12-16)20(18(21)19(14)2)13-15-9-5-3-6-10-15;/h3-12,14,17H,1-2H3;/t14-,17-;/m0./s1. The molecule has 1 saturated heterocycles. The number of hydrogen-bond acceptors (Lipinski definition) is 1. The first-order valence-corrected chi connectivity index (χ1v) is 7.95. The molecule has 0 aromatic heterocycles. The van der Waals surface area contributed by atoms with Crippen LogP contribution in [-0.2, 0) is 15.9 Å². The maximum absolute atomic E-state index is 12.7. The number of carbonyl (C=O) groups is 1. The molecule has 2 amide bonds. The molecule has 0 N–H and O–H groups in total. The van der Waals surface area contributed by atoms with Gasteiger partial charge in [-0.25, -0.2) is 0 Å². The Morgan fingerprint density at radius 2 is 1.55 bits per heavy atom. The number of rotatable bonds is 3. The molecular weight excluding hydrogens is 312 g/mol. The molecule has 2 aromatic rings. The first-order valence-electron chi connectivity index (χ1n) is 7.31. The van der Waals surface area contributed by atoms with Gasteiger partial charge in [-0.2, -0.15) is 0 Å². The van der Waals surface area contributed by atoms with Crippen LogP contribution >= 0.6 is 0 Å². The molecule has 0 aliphatic carbocycles. The molecule has 0 unspecified atom stereocenters. The third kappa shape index (κ3) is 2.49. The van der Waals surface area contributed by atoms with Crippen LogP contribution in [0.25, 0.3) is 0 Å². The van der Waals surface area contributed by atoms with Gasteiger partial charge in [0.05, 0.1) is 0 Å². The van der Waals surface area contributed by atoms with E-state index in [-0.39, 0.29) is 18.1 Å². The summed E-state index contributed by atoms with van der Waals surface area (Å²) in [5, 5.41) is 0. The van der Waals surface area contributed by atoms with Crippen LogP contribution in [0.5, 0.6) is 0 Å². The van der Waals surface area contributed by atoms with Crippen LogP contribution in [0.15, 0.2) is 60.7 Å². The summed E-state index contributed by atoms with van der Waals surface area (Å²) in [4.78, 5) is 16.4. The predicted octanol–water partition coefficient (Wildman–Crippen LogP) is 3.21. The molecule has 0 bridgehead atoms. The van der Waals surface area contributed by atoms with E-state index in [9.17, 15) is 4.79 Å². The number of hydrogen-bond donors (Lipinski definition) is 0. The Morgan fingerprint density at radius 1 is 1.00 bits per heavy atom. The van der Waals surface area contributed by atoms with E-state index in [4.69, 9.17) is 0 Å². The number of likely N-dealkylation sites (N-methyl/N-ethyl adjacent to an activating group) is 1. The summed E-state index contributed by atoms with van der Waals surface area (Å²) in [5.41, 5.74) is 2.18. The monoisotopic (exact) mass is 330 g/mol. The van der Waals surface area contributed by atoms with Crippen molar-refractivity contribution in [2.45, 2.75) is 19.0 Å². The summed E-state index contributed by atoms with van der Waals surface area (Å²) in [5.74, 6) is 0. The molecule has 4 heteroatoms. The molecule has 1 fully saturated rings. The topological polar surface area (TPSA) is 23.6 Å².